The highest BCUT2D eigenvalue weighted by Crippen LogP contribution is 2.44. The van der Waals surface area contributed by atoms with Crippen molar-refractivity contribution in [1.29, 1.82) is 0 Å². The summed E-state index contributed by atoms with van der Waals surface area (Å²) in [5.41, 5.74) is 12.8. The molecule has 0 heterocycles. The van der Waals surface area contributed by atoms with E-state index >= 15 is 0 Å². The molecule has 0 fully saturated rings. The smallest absolute Gasteiger partial charge is 0.337 e. The second kappa shape index (κ2) is 8.32. The van der Waals surface area contributed by atoms with Crippen LogP contribution in [0.1, 0.15) is 29.9 Å². The highest BCUT2D eigenvalue weighted by atomic mass is 16.5. The Kier molecular flexibility index (Phi) is 5.84. The zero-order chi connectivity index (χ0) is 21.0. The SMILES string of the molecule is NC(=O)NCCC[C@](N)(C(=O)O)C(=O)OCC1c2ccccc2-c2ccccc21. The summed E-state index contributed by atoms with van der Waals surface area (Å²) in [6.45, 7) is 0.0941. The van der Waals surface area contributed by atoms with Gasteiger partial charge in [0.1, 0.15) is 6.61 Å². The van der Waals surface area contributed by atoms with Gasteiger partial charge >= 0.3 is 18.0 Å². The number of aliphatic carboxylic acids is 1. The number of amides is 2. The monoisotopic (exact) mass is 397 g/mol. The van der Waals surface area contributed by atoms with Gasteiger partial charge < -0.3 is 26.6 Å². The van der Waals surface area contributed by atoms with Gasteiger partial charge in [-0.3, -0.25) is 0 Å². The Morgan fingerprint density at radius 3 is 2.10 bits per heavy atom. The van der Waals surface area contributed by atoms with Crippen molar-refractivity contribution in [3.63, 3.8) is 0 Å². The van der Waals surface area contributed by atoms with Crippen LogP contribution in [-0.2, 0) is 14.3 Å². The number of nitrogens with two attached hydrogens (primary N) is 2. The number of benzene rings is 2. The zero-order valence-corrected chi connectivity index (χ0v) is 15.8. The number of ether oxygens (including phenoxy) is 1. The van der Waals surface area contributed by atoms with E-state index in [1.54, 1.807) is 0 Å². The molecule has 0 aromatic heterocycles. The summed E-state index contributed by atoms with van der Waals surface area (Å²) in [5.74, 6) is -2.68. The molecule has 0 spiro atoms. The van der Waals surface area contributed by atoms with E-state index in [1.165, 1.54) is 0 Å². The summed E-state index contributed by atoms with van der Waals surface area (Å²) < 4.78 is 5.39. The van der Waals surface area contributed by atoms with Crippen LogP contribution in [0, 0.1) is 0 Å². The molecular formula is C21H23N3O5. The first-order chi connectivity index (χ1) is 13.8. The van der Waals surface area contributed by atoms with Crippen LogP contribution in [0.5, 0.6) is 0 Å². The van der Waals surface area contributed by atoms with Crippen LogP contribution in [0.15, 0.2) is 48.5 Å². The molecule has 0 aliphatic heterocycles. The predicted octanol–water partition coefficient (Wildman–Crippen LogP) is 1.57. The van der Waals surface area contributed by atoms with Gasteiger partial charge in [0.25, 0.3) is 0 Å². The van der Waals surface area contributed by atoms with Crippen LogP contribution in [0.2, 0.25) is 0 Å². The molecule has 2 aromatic carbocycles. The number of hydrogen-bond donors (Lipinski definition) is 4. The lowest BCUT2D eigenvalue weighted by atomic mass is 9.94. The lowest BCUT2D eigenvalue weighted by Crippen LogP contribution is -2.56. The van der Waals surface area contributed by atoms with Gasteiger partial charge in [-0.1, -0.05) is 48.5 Å². The second-order valence-electron chi connectivity index (χ2n) is 7.00. The third-order valence-electron chi connectivity index (χ3n) is 5.14. The molecule has 29 heavy (non-hydrogen) atoms. The minimum atomic E-state index is -2.20. The van der Waals surface area contributed by atoms with Gasteiger partial charge in [0.05, 0.1) is 0 Å². The molecule has 1 aliphatic carbocycles. The Morgan fingerprint density at radius 2 is 1.59 bits per heavy atom. The van der Waals surface area contributed by atoms with E-state index in [9.17, 15) is 19.5 Å². The molecule has 3 rings (SSSR count). The summed E-state index contributed by atoms with van der Waals surface area (Å²) in [6.07, 6.45) is -0.0325. The van der Waals surface area contributed by atoms with Crippen molar-refractivity contribution in [2.24, 2.45) is 11.5 Å². The topological polar surface area (TPSA) is 145 Å². The second-order valence-corrected chi connectivity index (χ2v) is 7.00. The first kappa shape index (κ1) is 20.3. The number of rotatable bonds is 8. The maximum absolute atomic E-state index is 12.6. The minimum Gasteiger partial charge on any atom is -0.479 e. The largest absolute Gasteiger partial charge is 0.479 e. The molecule has 152 valence electrons. The molecule has 2 amide bonds. The van der Waals surface area contributed by atoms with Crippen LogP contribution < -0.4 is 16.8 Å². The van der Waals surface area contributed by atoms with E-state index in [0.717, 1.165) is 22.3 Å². The van der Waals surface area contributed by atoms with Crippen molar-refractivity contribution in [2.45, 2.75) is 24.3 Å². The molecule has 0 saturated heterocycles. The number of carboxylic acids is 1. The average molecular weight is 397 g/mol. The third kappa shape index (κ3) is 4.07. The number of esters is 1. The summed E-state index contributed by atoms with van der Waals surface area (Å²) in [5, 5.41) is 11.8. The van der Waals surface area contributed by atoms with E-state index in [4.69, 9.17) is 16.2 Å². The molecule has 8 heteroatoms. The van der Waals surface area contributed by atoms with Gasteiger partial charge in [-0.05, 0) is 35.1 Å². The molecule has 0 unspecified atom stereocenters. The number of carbonyl (C=O) groups excluding carboxylic acids is 2. The van der Waals surface area contributed by atoms with Gasteiger partial charge in [0, 0.05) is 12.5 Å². The van der Waals surface area contributed by atoms with Crippen LogP contribution in [0.25, 0.3) is 11.1 Å². The number of carbonyl (C=O) groups is 3. The van der Waals surface area contributed by atoms with Gasteiger partial charge in [0.2, 0.25) is 5.54 Å². The van der Waals surface area contributed by atoms with Crippen molar-refractivity contribution in [3.8, 4) is 11.1 Å². The minimum absolute atomic E-state index is 0.0153. The standard InChI is InChI=1S/C21H23N3O5/c22-20(28)24-11-5-10-21(23,18(25)26)19(27)29-12-17-15-8-3-1-6-13(15)14-7-2-4-9-16(14)17/h1-4,6-9,17H,5,10-12,23H2,(H,25,26)(H3,22,24,28)/t21-/m0/s1. The lowest BCUT2D eigenvalue weighted by molar-refractivity contribution is -0.161. The van der Waals surface area contributed by atoms with E-state index in [1.807, 2.05) is 48.5 Å². The van der Waals surface area contributed by atoms with E-state index in [2.05, 4.69) is 5.32 Å². The van der Waals surface area contributed by atoms with Gasteiger partial charge in [-0.15, -0.1) is 0 Å². The van der Waals surface area contributed by atoms with Crippen LogP contribution in [-0.4, -0.2) is 41.8 Å². The highest BCUT2D eigenvalue weighted by molar-refractivity contribution is 6.03. The summed E-state index contributed by atoms with van der Waals surface area (Å²) >= 11 is 0. The Morgan fingerprint density at radius 1 is 1.03 bits per heavy atom. The number of nitrogens with one attached hydrogen (secondary N) is 1. The summed E-state index contributed by atoms with van der Waals surface area (Å²) in [6, 6.07) is 14.9. The number of carboxylic acid groups (broad SMARTS) is 1. The Balaban J connectivity index is 1.72. The normalized spacial score (nSPS) is 14.4. The summed E-state index contributed by atoms with van der Waals surface area (Å²) in [4.78, 5) is 34.9. The molecule has 0 bridgehead atoms. The fourth-order valence-electron chi connectivity index (χ4n) is 3.60. The highest BCUT2D eigenvalue weighted by Gasteiger charge is 2.44. The average Bonchev–Trinajstić information content (AvgIpc) is 3.03. The molecule has 1 atom stereocenters. The molecule has 0 saturated carbocycles. The maximum atomic E-state index is 12.6. The Bertz CT molecular complexity index is 900. The lowest BCUT2D eigenvalue weighted by Gasteiger charge is -2.24. The maximum Gasteiger partial charge on any atom is 0.337 e. The summed E-state index contributed by atoms with van der Waals surface area (Å²) in [7, 11) is 0. The molecule has 6 N–H and O–H groups in total. The van der Waals surface area contributed by atoms with Gasteiger partial charge in [-0.25, -0.2) is 14.4 Å². The van der Waals surface area contributed by atoms with E-state index in [-0.39, 0.29) is 31.9 Å². The molecule has 8 nitrogen and oxygen atoms in total. The fourth-order valence-corrected chi connectivity index (χ4v) is 3.60. The van der Waals surface area contributed by atoms with E-state index in [0.29, 0.717) is 0 Å². The van der Waals surface area contributed by atoms with Crippen LogP contribution in [0.3, 0.4) is 0 Å². The Labute approximate surface area is 167 Å². The predicted molar refractivity (Wildman–Crippen MR) is 106 cm³/mol. The van der Waals surface area contributed by atoms with E-state index < -0.39 is 23.5 Å². The molecular weight excluding hydrogens is 374 g/mol. The van der Waals surface area contributed by atoms with Crippen molar-refractivity contribution < 1.29 is 24.2 Å². The molecule has 0 radical (unpaired) electrons. The number of primary amides is 1. The first-order valence-corrected chi connectivity index (χ1v) is 9.25. The quantitative estimate of drug-likeness (QED) is 0.302. The van der Waals surface area contributed by atoms with Crippen molar-refractivity contribution in [2.75, 3.05) is 13.2 Å². The molecule has 1 aliphatic rings. The van der Waals surface area contributed by atoms with Gasteiger partial charge in [0.15, 0.2) is 0 Å². The Hall–Kier alpha value is -3.39. The molecule has 2 aromatic rings. The number of urea groups is 1. The van der Waals surface area contributed by atoms with Crippen LogP contribution in [0.4, 0.5) is 4.79 Å². The third-order valence-corrected chi connectivity index (χ3v) is 5.14. The first-order valence-electron chi connectivity index (χ1n) is 9.25. The fraction of sp³-hybridized carbons (Fsp3) is 0.286. The van der Waals surface area contributed by atoms with Crippen LogP contribution >= 0.6 is 0 Å². The number of hydrogen-bond acceptors (Lipinski definition) is 5. The van der Waals surface area contributed by atoms with Gasteiger partial charge in [-0.2, -0.15) is 0 Å². The van der Waals surface area contributed by atoms with Crippen molar-refractivity contribution >= 4 is 18.0 Å². The zero-order valence-electron chi connectivity index (χ0n) is 15.8. The number of fused-ring (bicyclic) bond motifs is 3. The van der Waals surface area contributed by atoms with Crippen molar-refractivity contribution in [3.05, 3.63) is 59.7 Å². The van der Waals surface area contributed by atoms with Crippen molar-refractivity contribution in [1.82, 2.24) is 5.32 Å².